The Morgan fingerprint density at radius 2 is 0.444 bits per heavy atom. The Kier molecular flexibility index (Phi) is 73.9. The molecule has 0 saturated heterocycles. The van der Waals surface area contributed by atoms with Gasteiger partial charge in [-0.25, -0.2) is 0 Å². The van der Waals surface area contributed by atoms with Gasteiger partial charge in [-0.15, -0.1) is 0 Å². The van der Waals surface area contributed by atoms with Crippen LogP contribution >= 0.6 is 0 Å². The zero-order chi connectivity index (χ0) is 64.7. The molecule has 1 unspecified atom stereocenters. The minimum Gasteiger partial charge on any atom is -0.462 e. The molecule has 0 bridgehead atoms. The summed E-state index contributed by atoms with van der Waals surface area (Å²) in [6.45, 7) is 3.92. The Hall–Kier alpha value is -5.00. The molecule has 0 aliphatic heterocycles. The Balaban J connectivity index is 3.52. The molecule has 0 aromatic carbocycles. The summed E-state index contributed by atoms with van der Waals surface area (Å²) in [6.07, 6.45) is 122. The van der Waals surface area contributed by atoms with E-state index in [9.17, 15) is 14.7 Å². The molecule has 5 heteroatoms. The van der Waals surface area contributed by atoms with E-state index < -0.39 is 6.10 Å². The van der Waals surface area contributed by atoms with Crippen molar-refractivity contribution in [3.63, 3.8) is 0 Å². The van der Waals surface area contributed by atoms with Crippen molar-refractivity contribution < 1.29 is 24.2 Å². The van der Waals surface area contributed by atoms with E-state index in [1.54, 1.807) is 0 Å². The maximum Gasteiger partial charge on any atom is 0.306 e. The molecule has 0 radical (unpaired) electrons. The summed E-state index contributed by atoms with van der Waals surface area (Å²) >= 11 is 0. The number of aliphatic hydroxyl groups is 1. The number of hydrogen-bond donors (Lipinski definition) is 1. The fraction of sp³-hybridized carbons (Fsp3) is 0.624. The summed E-state index contributed by atoms with van der Waals surface area (Å²) in [7, 11) is 0. The van der Waals surface area contributed by atoms with Gasteiger partial charge in [-0.05, 0) is 135 Å². The molecule has 0 aromatic heterocycles. The quantitative estimate of drug-likeness (QED) is 0.0373. The van der Waals surface area contributed by atoms with E-state index >= 15 is 0 Å². The summed E-state index contributed by atoms with van der Waals surface area (Å²) in [6, 6.07) is 0. The number of carbonyl (C=O) groups is 2. The minimum absolute atomic E-state index is 0.0734. The standard InChI is InChI=1S/C85H138O5/c1-3-5-7-9-11-13-15-17-19-21-23-25-27-29-31-33-35-37-39-41-42-44-46-48-50-52-54-56-58-60-62-64-66-68-70-72-74-76-78-80-85(88)90-83(81-86)82-89-84(87)79-77-75-73-71-69-67-65-63-61-59-57-55-53-51-49-47-45-43-40-38-36-34-32-30-28-26-24-22-20-18-16-14-12-10-8-6-4-2/h5-8,11-14,17-20,23-26,29-32,35-38,41-42,46,48,52,54,83,86H,3-4,9-10,15-16,21-22,27-28,33-34,39-40,43-45,47,49-51,53,55-82H2,1-2H3/b7-5-,8-6-,13-11-,14-12-,19-17-,20-18-,25-23-,26-24-,31-29-,32-30-,37-35-,38-36-,42-41-,48-46-,54-52-. The van der Waals surface area contributed by atoms with E-state index in [1.807, 2.05) is 0 Å². The van der Waals surface area contributed by atoms with Crippen LogP contribution in [0.5, 0.6) is 0 Å². The van der Waals surface area contributed by atoms with E-state index in [0.717, 1.165) is 135 Å². The third kappa shape index (κ3) is 75.5. The molecule has 0 aliphatic rings. The van der Waals surface area contributed by atoms with Gasteiger partial charge in [0, 0.05) is 12.8 Å². The highest BCUT2D eigenvalue weighted by molar-refractivity contribution is 5.70. The van der Waals surface area contributed by atoms with Crippen molar-refractivity contribution in [1.82, 2.24) is 0 Å². The summed E-state index contributed by atoms with van der Waals surface area (Å²) in [4.78, 5) is 24.7. The molecule has 0 heterocycles. The third-order valence-electron chi connectivity index (χ3n) is 15.7. The normalized spacial score (nSPS) is 13.3. The van der Waals surface area contributed by atoms with Crippen molar-refractivity contribution in [3.8, 4) is 0 Å². The molecule has 0 aromatic rings. The lowest BCUT2D eigenvalue weighted by molar-refractivity contribution is -0.161. The van der Waals surface area contributed by atoms with Gasteiger partial charge in [0.15, 0.2) is 6.10 Å². The van der Waals surface area contributed by atoms with E-state index in [2.05, 4.69) is 196 Å². The maximum atomic E-state index is 12.4. The number of carbonyl (C=O) groups excluding carboxylic acids is 2. The van der Waals surface area contributed by atoms with Crippen molar-refractivity contribution in [2.75, 3.05) is 13.2 Å². The monoisotopic (exact) mass is 1240 g/mol. The largest absolute Gasteiger partial charge is 0.462 e. The van der Waals surface area contributed by atoms with E-state index in [-0.39, 0.29) is 25.2 Å². The average molecular weight is 1240 g/mol. The average Bonchev–Trinajstić information content (AvgIpc) is 3.59. The van der Waals surface area contributed by atoms with Crippen LogP contribution in [0, 0.1) is 0 Å². The number of aliphatic hydroxyl groups excluding tert-OH is 1. The molecule has 0 spiro atoms. The lowest BCUT2D eigenvalue weighted by Gasteiger charge is -2.15. The second-order valence-corrected chi connectivity index (χ2v) is 24.3. The fourth-order valence-corrected chi connectivity index (χ4v) is 10.2. The predicted octanol–water partition coefficient (Wildman–Crippen LogP) is 26.5. The zero-order valence-corrected chi connectivity index (χ0v) is 58.3. The Bertz CT molecular complexity index is 1990. The van der Waals surface area contributed by atoms with Crippen molar-refractivity contribution in [2.45, 2.75) is 328 Å². The molecule has 508 valence electrons. The molecule has 0 saturated carbocycles. The first kappa shape index (κ1) is 85.0. The molecule has 0 amide bonds. The number of ether oxygens (including phenoxy) is 2. The van der Waals surface area contributed by atoms with Gasteiger partial charge in [-0.2, -0.15) is 0 Å². The van der Waals surface area contributed by atoms with Gasteiger partial charge < -0.3 is 14.6 Å². The van der Waals surface area contributed by atoms with Crippen LogP contribution in [-0.4, -0.2) is 36.4 Å². The van der Waals surface area contributed by atoms with Crippen molar-refractivity contribution >= 4 is 11.9 Å². The smallest absolute Gasteiger partial charge is 0.306 e. The summed E-state index contributed by atoms with van der Waals surface area (Å²) < 4.78 is 10.8. The van der Waals surface area contributed by atoms with Crippen molar-refractivity contribution in [1.29, 1.82) is 0 Å². The first-order valence-electron chi connectivity index (χ1n) is 37.3. The van der Waals surface area contributed by atoms with Gasteiger partial charge in [0.25, 0.3) is 0 Å². The Morgan fingerprint density at radius 1 is 0.256 bits per heavy atom. The predicted molar refractivity (Wildman–Crippen MR) is 398 cm³/mol. The molecule has 5 nitrogen and oxygen atoms in total. The molecule has 0 aliphatic carbocycles. The van der Waals surface area contributed by atoms with Crippen LogP contribution in [0.15, 0.2) is 182 Å². The zero-order valence-electron chi connectivity index (χ0n) is 58.3. The molecule has 1 atom stereocenters. The fourth-order valence-electron chi connectivity index (χ4n) is 10.2. The first-order valence-corrected chi connectivity index (χ1v) is 37.3. The van der Waals surface area contributed by atoms with Gasteiger partial charge in [0.05, 0.1) is 6.61 Å². The van der Waals surface area contributed by atoms with Crippen LogP contribution in [-0.2, 0) is 19.1 Å². The second kappa shape index (κ2) is 78.2. The lowest BCUT2D eigenvalue weighted by atomic mass is 10.0. The molecule has 0 fully saturated rings. The van der Waals surface area contributed by atoms with Gasteiger partial charge in [-0.3, -0.25) is 9.59 Å². The minimum atomic E-state index is -0.786. The molecule has 90 heavy (non-hydrogen) atoms. The van der Waals surface area contributed by atoms with Crippen LogP contribution in [0.1, 0.15) is 322 Å². The molecule has 0 rings (SSSR count). The second-order valence-electron chi connectivity index (χ2n) is 24.3. The van der Waals surface area contributed by atoms with Crippen LogP contribution in [0.3, 0.4) is 0 Å². The number of unbranched alkanes of at least 4 members (excludes halogenated alkanes) is 29. The van der Waals surface area contributed by atoms with Crippen molar-refractivity contribution in [2.24, 2.45) is 0 Å². The number of hydrogen-bond acceptors (Lipinski definition) is 5. The highest BCUT2D eigenvalue weighted by atomic mass is 16.6. The van der Waals surface area contributed by atoms with Gasteiger partial charge in [0.1, 0.15) is 6.61 Å². The summed E-state index contributed by atoms with van der Waals surface area (Å²) in [5.74, 6) is -0.593. The van der Waals surface area contributed by atoms with Crippen LogP contribution < -0.4 is 0 Å². The van der Waals surface area contributed by atoms with Crippen LogP contribution in [0.4, 0.5) is 0 Å². The maximum absolute atomic E-state index is 12.4. The van der Waals surface area contributed by atoms with Crippen LogP contribution in [0.25, 0.3) is 0 Å². The molecule has 1 N–H and O–H groups in total. The van der Waals surface area contributed by atoms with Gasteiger partial charge >= 0.3 is 11.9 Å². The van der Waals surface area contributed by atoms with Gasteiger partial charge in [0.2, 0.25) is 0 Å². The van der Waals surface area contributed by atoms with Crippen molar-refractivity contribution in [3.05, 3.63) is 182 Å². The Labute approximate surface area is 556 Å². The highest BCUT2D eigenvalue weighted by Crippen LogP contribution is 2.17. The topological polar surface area (TPSA) is 72.8 Å². The summed E-state index contributed by atoms with van der Waals surface area (Å²) in [5, 5.41) is 9.72. The number of allylic oxidation sites excluding steroid dienone is 30. The SMILES string of the molecule is CC/C=C\C/C=C\C/C=C\C/C=C\C/C=C\C/C=C\C/C=C\C/C=C\C/C=C\CCCCCCCCCCCCCC(=O)OC(CO)COC(=O)CCCCCCCCCCCCCCCCCCCC/C=C\C/C=C\C/C=C\C/C=C\C/C=C\C/C=C\CC. The Morgan fingerprint density at radius 3 is 0.667 bits per heavy atom. The molecular weight excluding hydrogens is 1100 g/mol. The van der Waals surface area contributed by atoms with Gasteiger partial charge in [-0.1, -0.05) is 357 Å². The molecular formula is C85H138O5. The van der Waals surface area contributed by atoms with Crippen LogP contribution in [0.2, 0.25) is 0 Å². The number of rotatable bonds is 67. The van der Waals surface area contributed by atoms with E-state index in [0.29, 0.717) is 12.8 Å². The van der Waals surface area contributed by atoms with E-state index in [4.69, 9.17) is 9.47 Å². The first-order chi connectivity index (χ1) is 44.6. The van der Waals surface area contributed by atoms with E-state index in [1.165, 1.54) is 161 Å². The lowest BCUT2D eigenvalue weighted by Crippen LogP contribution is -2.28. The third-order valence-corrected chi connectivity index (χ3v) is 15.7. The number of esters is 2. The highest BCUT2D eigenvalue weighted by Gasteiger charge is 2.16. The summed E-state index contributed by atoms with van der Waals surface area (Å²) in [5.41, 5.74) is 0.